The van der Waals surface area contributed by atoms with E-state index in [1.54, 1.807) is 13.2 Å². The first-order valence-corrected chi connectivity index (χ1v) is 6.96. The Kier molecular flexibility index (Phi) is 2.76. The fourth-order valence-electron chi connectivity index (χ4n) is 2.77. The Hall–Kier alpha value is -3.01. The van der Waals surface area contributed by atoms with Gasteiger partial charge in [-0.25, -0.2) is 0 Å². The molecule has 0 N–H and O–H groups in total. The molecule has 4 nitrogen and oxygen atoms in total. The molecule has 4 heteroatoms. The molecule has 0 spiro atoms. The lowest BCUT2D eigenvalue weighted by Gasteiger charge is -2.05. The molecule has 0 saturated carbocycles. The average Bonchev–Trinajstić information content (AvgIpc) is 2.93. The fraction of sp³-hybridized carbons (Fsp3) is 0.0556. The Labute approximate surface area is 126 Å². The first-order valence-electron chi connectivity index (χ1n) is 6.96. The Morgan fingerprint density at radius 1 is 1.00 bits per heavy atom. The quantitative estimate of drug-likeness (QED) is 0.416. The number of furan rings is 1. The highest BCUT2D eigenvalue weighted by Gasteiger charge is 2.20. The molecule has 0 aliphatic carbocycles. The summed E-state index contributed by atoms with van der Waals surface area (Å²) in [7, 11) is 1.62. The summed E-state index contributed by atoms with van der Waals surface area (Å²) in [6, 6.07) is 16.9. The highest BCUT2D eigenvalue weighted by atomic mass is 16.5. The van der Waals surface area contributed by atoms with Crippen molar-refractivity contribution in [1.29, 1.82) is 0 Å². The van der Waals surface area contributed by atoms with Crippen molar-refractivity contribution in [1.82, 2.24) is 0 Å². The van der Waals surface area contributed by atoms with Gasteiger partial charge in [-0.2, -0.15) is 4.73 Å². The van der Waals surface area contributed by atoms with E-state index in [1.165, 1.54) is 6.20 Å². The minimum atomic E-state index is 0.588. The molecule has 2 aromatic carbocycles. The maximum Gasteiger partial charge on any atom is 0.235 e. The van der Waals surface area contributed by atoms with Crippen LogP contribution < -0.4 is 9.47 Å². The number of methoxy groups -OCH3 is 1. The SMILES string of the molecule is COc1ccc2oc3cc[n+]([O-])c(-c4ccccc4)c3c2c1. The molecule has 0 aliphatic rings. The standard InChI is InChI=1S/C18H13NO3/c1-21-13-7-8-15-14(11-13)17-16(22-15)9-10-19(20)18(17)12-5-3-2-4-6-12/h2-11H,1H3. The van der Waals surface area contributed by atoms with E-state index in [0.29, 0.717) is 11.3 Å². The molecular formula is C18H13NO3. The second kappa shape index (κ2) is 4.77. The second-order valence-corrected chi connectivity index (χ2v) is 5.06. The van der Waals surface area contributed by atoms with Gasteiger partial charge in [0.25, 0.3) is 0 Å². The van der Waals surface area contributed by atoms with Crippen molar-refractivity contribution in [2.75, 3.05) is 7.11 Å². The van der Waals surface area contributed by atoms with Crippen LogP contribution in [-0.4, -0.2) is 7.11 Å². The summed E-state index contributed by atoms with van der Waals surface area (Å²) in [5, 5.41) is 14.1. The van der Waals surface area contributed by atoms with Crippen LogP contribution in [0.25, 0.3) is 33.2 Å². The van der Waals surface area contributed by atoms with Crippen molar-refractivity contribution in [3.8, 4) is 17.0 Å². The van der Waals surface area contributed by atoms with E-state index in [4.69, 9.17) is 9.15 Å². The van der Waals surface area contributed by atoms with Crippen molar-refractivity contribution < 1.29 is 13.9 Å². The fourth-order valence-corrected chi connectivity index (χ4v) is 2.77. The smallest absolute Gasteiger partial charge is 0.235 e. The molecule has 0 fully saturated rings. The molecular weight excluding hydrogens is 278 g/mol. The number of benzene rings is 2. The molecule has 2 heterocycles. The largest absolute Gasteiger partial charge is 0.618 e. The normalized spacial score (nSPS) is 11.1. The van der Waals surface area contributed by atoms with E-state index < -0.39 is 0 Å². The lowest BCUT2D eigenvalue weighted by Crippen LogP contribution is -2.28. The van der Waals surface area contributed by atoms with Gasteiger partial charge in [-0.3, -0.25) is 0 Å². The van der Waals surface area contributed by atoms with Gasteiger partial charge in [-0.1, -0.05) is 18.2 Å². The predicted octanol–water partition coefficient (Wildman–Crippen LogP) is 3.90. The Morgan fingerprint density at radius 3 is 2.59 bits per heavy atom. The summed E-state index contributed by atoms with van der Waals surface area (Å²) in [6.45, 7) is 0. The molecule has 0 unspecified atom stereocenters. The van der Waals surface area contributed by atoms with E-state index in [9.17, 15) is 5.21 Å². The zero-order chi connectivity index (χ0) is 15.1. The summed E-state index contributed by atoms with van der Waals surface area (Å²) in [5.41, 5.74) is 2.87. The molecule has 0 saturated heterocycles. The third-order valence-electron chi connectivity index (χ3n) is 3.79. The molecule has 0 atom stereocenters. The molecule has 108 valence electrons. The van der Waals surface area contributed by atoms with Crippen molar-refractivity contribution >= 4 is 21.9 Å². The summed E-state index contributed by atoms with van der Waals surface area (Å²) in [4.78, 5) is 0. The first kappa shape index (κ1) is 12.7. The zero-order valence-electron chi connectivity index (χ0n) is 11.9. The van der Waals surface area contributed by atoms with Gasteiger partial charge in [-0.05, 0) is 30.3 Å². The lowest BCUT2D eigenvalue weighted by molar-refractivity contribution is -0.592. The second-order valence-electron chi connectivity index (χ2n) is 5.06. The summed E-state index contributed by atoms with van der Waals surface area (Å²) in [5.74, 6) is 0.732. The van der Waals surface area contributed by atoms with Crippen LogP contribution in [0.15, 0.2) is 65.2 Å². The number of aromatic nitrogens is 1. The average molecular weight is 291 g/mol. The number of hydrogen-bond donors (Lipinski definition) is 0. The van der Waals surface area contributed by atoms with Gasteiger partial charge in [0.15, 0.2) is 6.20 Å². The minimum Gasteiger partial charge on any atom is -0.618 e. The van der Waals surface area contributed by atoms with Gasteiger partial charge in [0, 0.05) is 17.0 Å². The summed E-state index contributed by atoms with van der Waals surface area (Å²) >= 11 is 0. The van der Waals surface area contributed by atoms with E-state index in [1.807, 2.05) is 48.5 Å². The maximum absolute atomic E-state index is 12.4. The highest BCUT2D eigenvalue weighted by molar-refractivity contribution is 6.10. The summed E-state index contributed by atoms with van der Waals surface area (Å²) in [6.07, 6.45) is 1.48. The van der Waals surface area contributed by atoms with Crippen molar-refractivity contribution in [2.45, 2.75) is 0 Å². The van der Waals surface area contributed by atoms with Gasteiger partial charge >= 0.3 is 0 Å². The van der Waals surface area contributed by atoms with Crippen LogP contribution in [0.5, 0.6) is 5.75 Å². The topological polar surface area (TPSA) is 49.3 Å². The molecule has 2 aromatic heterocycles. The van der Waals surface area contributed by atoms with Gasteiger partial charge < -0.3 is 14.4 Å². The Balaban J connectivity index is 2.16. The number of rotatable bonds is 2. The monoisotopic (exact) mass is 291 g/mol. The first-order chi connectivity index (χ1) is 10.8. The van der Waals surface area contributed by atoms with Crippen molar-refractivity contribution in [2.24, 2.45) is 0 Å². The number of hydrogen-bond acceptors (Lipinski definition) is 3. The van der Waals surface area contributed by atoms with Crippen LogP contribution in [0.4, 0.5) is 0 Å². The van der Waals surface area contributed by atoms with E-state index in [0.717, 1.165) is 32.4 Å². The van der Waals surface area contributed by atoms with Crippen LogP contribution in [0.2, 0.25) is 0 Å². The van der Waals surface area contributed by atoms with Crippen LogP contribution in [0.3, 0.4) is 0 Å². The van der Waals surface area contributed by atoms with Gasteiger partial charge in [0.05, 0.1) is 7.11 Å². The number of nitrogens with zero attached hydrogens (tertiary/aromatic N) is 1. The molecule has 0 aliphatic heterocycles. The molecule has 4 aromatic rings. The Bertz CT molecular complexity index is 974. The van der Waals surface area contributed by atoms with Gasteiger partial charge in [0.2, 0.25) is 5.69 Å². The van der Waals surface area contributed by atoms with E-state index in [2.05, 4.69) is 0 Å². The van der Waals surface area contributed by atoms with Crippen molar-refractivity contribution in [3.63, 3.8) is 0 Å². The van der Waals surface area contributed by atoms with Crippen LogP contribution >= 0.6 is 0 Å². The van der Waals surface area contributed by atoms with Gasteiger partial charge in [-0.15, -0.1) is 0 Å². The van der Waals surface area contributed by atoms with E-state index in [-0.39, 0.29) is 0 Å². The third kappa shape index (κ3) is 1.81. The number of pyridine rings is 1. The van der Waals surface area contributed by atoms with Gasteiger partial charge in [0.1, 0.15) is 22.3 Å². The maximum atomic E-state index is 12.4. The summed E-state index contributed by atoms with van der Waals surface area (Å²) < 4.78 is 12.0. The molecule has 0 bridgehead atoms. The minimum absolute atomic E-state index is 0.588. The molecule has 0 amide bonds. The van der Waals surface area contributed by atoms with Crippen LogP contribution in [-0.2, 0) is 0 Å². The number of fused-ring (bicyclic) bond motifs is 3. The van der Waals surface area contributed by atoms with E-state index >= 15 is 0 Å². The highest BCUT2D eigenvalue weighted by Crippen LogP contribution is 2.35. The van der Waals surface area contributed by atoms with Crippen molar-refractivity contribution in [3.05, 3.63) is 66.0 Å². The number of ether oxygens (including phenoxy) is 1. The zero-order valence-corrected chi connectivity index (χ0v) is 11.9. The third-order valence-corrected chi connectivity index (χ3v) is 3.79. The van der Waals surface area contributed by atoms with Crippen LogP contribution in [0, 0.1) is 5.21 Å². The Morgan fingerprint density at radius 2 is 1.82 bits per heavy atom. The molecule has 22 heavy (non-hydrogen) atoms. The lowest BCUT2D eigenvalue weighted by atomic mass is 10.0. The molecule has 0 radical (unpaired) electrons. The molecule has 4 rings (SSSR count). The predicted molar refractivity (Wildman–Crippen MR) is 84.7 cm³/mol. The van der Waals surface area contributed by atoms with Crippen LogP contribution in [0.1, 0.15) is 0 Å².